The average molecular weight is 299 g/mol. The van der Waals surface area contributed by atoms with E-state index in [1.165, 1.54) is 6.08 Å². The maximum absolute atomic E-state index is 12.4. The van der Waals surface area contributed by atoms with Crippen LogP contribution >= 0.6 is 0 Å². The minimum absolute atomic E-state index is 0.00884. The van der Waals surface area contributed by atoms with Crippen LogP contribution in [0.15, 0.2) is 42.1 Å². The number of Topliss-reactive ketones (excluding diaryl/α,β-unsaturated/α-hetero) is 1. The zero-order valence-electron chi connectivity index (χ0n) is 12.6. The van der Waals surface area contributed by atoms with Crippen LogP contribution in [0.25, 0.3) is 0 Å². The lowest BCUT2D eigenvalue weighted by Gasteiger charge is -2.15. The van der Waals surface area contributed by atoms with E-state index in [4.69, 9.17) is 4.74 Å². The van der Waals surface area contributed by atoms with Crippen LogP contribution in [0.4, 0.5) is 0 Å². The molecule has 1 aliphatic heterocycles. The van der Waals surface area contributed by atoms with E-state index in [9.17, 15) is 9.59 Å². The number of ether oxygens (including phenoxy) is 1. The smallest absolute Gasteiger partial charge is 0.179 e. The summed E-state index contributed by atoms with van der Waals surface area (Å²) in [5, 5.41) is 3.12. The number of carbonyl (C=O) groups is 2. The number of benzene rings is 1. The normalized spacial score (nSPS) is 25.7. The van der Waals surface area contributed by atoms with E-state index in [2.05, 4.69) is 5.32 Å². The standard InChI is InChI=1S/C18H21NO3/c20-15-9-14(13-5-2-1-3-6-13)10-18(21)17(11-15)19-12-16-7-4-8-22-16/h1-3,5-6,11,14,16,19H,4,7-10,12H2. The maximum atomic E-state index is 12.4. The summed E-state index contributed by atoms with van der Waals surface area (Å²) in [5.74, 6) is -0.00766. The number of hydrogen-bond acceptors (Lipinski definition) is 4. The molecule has 0 spiro atoms. The molecule has 1 aromatic rings. The Morgan fingerprint density at radius 3 is 2.68 bits per heavy atom. The molecule has 2 aliphatic rings. The fourth-order valence-corrected chi connectivity index (χ4v) is 3.09. The minimum Gasteiger partial charge on any atom is -0.379 e. The topological polar surface area (TPSA) is 55.4 Å². The highest BCUT2D eigenvalue weighted by atomic mass is 16.5. The SMILES string of the molecule is O=C1C=C(NCC2CCCO2)C(=O)CC(c2ccccc2)C1. The predicted molar refractivity (Wildman–Crippen MR) is 83.5 cm³/mol. The third-order valence-electron chi connectivity index (χ3n) is 4.30. The molecule has 1 aromatic carbocycles. The molecule has 116 valence electrons. The van der Waals surface area contributed by atoms with E-state index >= 15 is 0 Å². The Morgan fingerprint density at radius 1 is 1.14 bits per heavy atom. The van der Waals surface area contributed by atoms with Gasteiger partial charge in [0.1, 0.15) is 0 Å². The van der Waals surface area contributed by atoms with Crippen molar-refractivity contribution in [2.45, 2.75) is 37.7 Å². The van der Waals surface area contributed by atoms with Gasteiger partial charge >= 0.3 is 0 Å². The summed E-state index contributed by atoms with van der Waals surface area (Å²) < 4.78 is 5.54. The second kappa shape index (κ2) is 6.88. The molecule has 0 bridgehead atoms. The second-order valence-electron chi connectivity index (χ2n) is 5.98. The first-order valence-corrected chi connectivity index (χ1v) is 7.90. The summed E-state index contributed by atoms with van der Waals surface area (Å²) in [5.41, 5.74) is 1.50. The monoisotopic (exact) mass is 299 g/mol. The van der Waals surface area contributed by atoms with Crippen molar-refractivity contribution >= 4 is 11.6 Å². The molecule has 1 heterocycles. The van der Waals surface area contributed by atoms with Crippen LogP contribution in [0.5, 0.6) is 0 Å². The quantitative estimate of drug-likeness (QED) is 0.927. The van der Waals surface area contributed by atoms with E-state index in [1.807, 2.05) is 30.3 Å². The van der Waals surface area contributed by atoms with Crippen LogP contribution < -0.4 is 5.32 Å². The first kappa shape index (κ1) is 15.0. The summed E-state index contributed by atoms with van der Waals surface area (Å²) in [7, 11) is 0. The van der Waals surface area contributed by atoms with E-state index in [1.54, 1.807) is 0 Å². The van der Waals surface area contributed by atoms with Crippen molar-refractivity contribution in [1.29, 1.82) is 0 Å². The number of hydrogen-bond donors (Lipinski definition) is 1. The van der Waals surface area contributed by atoms with Gasteiger partial charge in [0.25, 0.3) is 0 Å². The highest BCUT2D eigenvalue weighted by Gasteiger charge is 2.26. The van der Waals surface area contributed by atoms with Crippen molar-refractivity contribution in [2.24, 2.45) is 0 Å². The average Bonchev–Trinajstić information content (AvgIpc) is 3.00. The largest absolute Gasteiger partial charge is 0.379 e. The van der Waals surface area contributed by atoms with Gasteiger partial charge in [-0.05, 0) is 24.3 Å². The highest BCUT2D eigenvalue weighted by molar-refractivity contribution is 6.04. The zero-order valence-corrected chi connectivity index (χ0v) is 12.6. The Morgan fingerprint density at radius 2 is 1.95 bits per heavy atom. The lowest BCUT2D eigenvalue weighted by Crippen LogP contribution is -2.29. The molecule has 1 fully saturated rings. The predicted octanol–water partition coefficient (Wildman–Crippen LogP) is 2.35. The Hall–Kier alpha value is -1.94. The van der Waals surface area contributed by atoms with Crippen molar-refractivity contribution < 1.29 is 14.3 Å². The van der Waals surface area contributed by atoms with Gasteiger partial charge in [-0.3, -0.25) is 9.59 Å². The van der Waals surface area contributed by atoms with Gasteiger partial charge in [0.05, 0.1) is 11.8 Å². The van der Waals surface area contributed by atoms with Crippen LogP contribution in [0.2, 0.25) is 0 Å². The van der Waals surface area contributed by atoms with Crippen LogP contribution in [0, 0.1) is 0 Å². The van der Waals surface area contributed by atoms with Crippen molar-refractivity contribution in [1.82, 2.24) is 5.32 Å². The van der Waals surface area contributed by atoms with Gasteiger partial charge in [0.2, 0.25) is 0 Å². The molecule has 2 unspecified atom stereocenters. The molecular formula is C18H21NO3. The fraction of sp³-hybridized carbons (Fsp3) is 0.444. The summed E-state index contributed by atoms with van der Waals surface area (Å²) >= 11 is 0. The number of carbonyl (C=O) groups excluding carboxylic acids is 2. The summed E-state index contributed by atoms with van der Waals surface area (Å²) in [6.45, 7) is 1.38. The van der Waals surface area contributed by atoms with Crippen molar-refractivity contribution in [3.63, 3.8) is 0 Å². The fourth-order valence-electron chi connectivity index (χ4n) is 3.09. The Bertz CT molecular complexity index is 573. The van der Waals surface area contributed by atoms with Gasteiger partial charge in [-0.15, -0.1) is 0 Å². The third-order valence-corrected chi connectivity index (χ3v) is 4.30. The van der Waals surface area contributed by atoms with Crippen molar-refractivity contribution in [3.8, 4) is 0 Å². The molecule has 1 N–H and O–H groups in total. The molecule has 2 atom stereocenters. The number of allylic oxidation sites excluding steroid dienone is 2. The number of ketones is 2. The molecule has 1 saturated heterocycles. The van der Waals surface area contributed by atoms with Gasteiger partial charge in [0.15, 0.2) is 11.6 Å². The van der Waals surface area contributed by atoms with Crippen LogP contribution in [0.3, 0.4) is 0 Å². The summed E-state index contributed by atoms with van der Waals surface area (Å²) in [6, 6.07) is 9.79. The molecule has 0 amide bonds. The molecule has 0 aromatic heterocycles. The molecule has 4 heteroatoms. The Balaban J connectivity index is 1.66. The number of rotatable bonds is 4. The zero-order chi connectivity index (χ0) is 15.4. The van der Waals surface area contributed by atoms with Crippen LogP contribution in [0.1, 0.15) is 37.2 Å². The highest BCUT2D eigenvalue weighted by Crippen LogP contribution is 2.27. The molecule has 4 nitrogen and oxygen atoms in total. The molecular weight excluding hydrogens is 278 g/mol. The summed E-state index contributed by atoms with van der Waals surface area (Å²) in [4.78, 5) is 24.5. The maximum Gasteiger partial charge on any atom is 0.179 e. The van der Waals surface area contributed by atoms with E-state index in [0.29, 0.717) is 25.1 Å². The Labute approximate surface area is 130 Å². The molecule has 3 rings (SSSR count). The second-order valence-corrected chi connectivity index (χ2v) is 5.98. The lowest BCUT2D eigenvalue weighted by molar-refractivity contribution is -0.116. The van der Waals surface area contributed by atoms with Gasteiger partial charge in [0, 0.05) is 32.1 Å². The van der Waals surface area contributed by atoms with Crippen LogP contribution in [-0.4, -0.2) is 30.8 Å². The minimum atomic E-state index is -0.0283. The van der Waals surface area contributed by atoms with E-state index in [-0.39, 0.29) is 23.6 Å². The first-order chi connectivity index (χ1) is 10.7. The third kappa shape index (κ3) is 3.63. The molecule has 1 aliphatic carbocycles. The Kier molecular flexibility index (Phi) is 4.68. The molecule has 22 heavy (non-hydrogen) atoms. The van der Waals surface area contributed by atoms with Gasteiger partial charge in [-0.25, -0.2) is 0 Å². The van der Waals surface area contributed by atoms with Crippen molar-refractivity contribution in [3.05, 3.63) is 47.7 Å². The lowest BCUT2D eigenvalue weighted by atomic mass is 9.91. The number of nitrogens with one attached hydrogen (secondary N) is 1. The van der Waals surface area contributed by atoms with Crippen LogP contribution in [-0.2, 0) is 14.3 Å². The molecule has 0 radical (unpaired) electrons. The molecule has 0 saturated carbocycles. The van der Waals surface area contributed by atoms with Crippen molar-refractivity contribution in [2.75, 3.05) is 13.2 Å². The van der Waals surface area contributed by atoms with Gasteiger partial charge in [-0.1, -0.05) is 30.3 Å². The summed E-state index contributed by atoms with van der Waals surface area (Å²) in [6.07, 6.45) is 4.46. The van der Waals surface area contributed by atoms with E-state index < -0.39 is 0 Å². The van der Waals surface area contributed by atoms with Gasteiger partial charge < -0.3 is 10.1 Å². The van der Waals surface area contributed by atoms with Gasteiger partial charge in [-0.2, -0.15) is 0 Å². The first-order valence-electron chi connectivity index (χ1n) is 7.90. The van der Waals surface area contributed by atoms with E-state index in [0.717, 1.165) is 25.0 Å².